The number of carboxylic acid groups (broad SMARTS) is 1. The lowest BCUT2D eigenvalue weighted by Gasteiger charge is -2.08. The van der Waals surface area contributed by atoms with E-state index in [1.165, 1.54) is 0 Å². The number of carbonyl (C=O) groups is 2. The van der Waals surface area contributed by atoms with Gasteiger partial charge < -0.3 is 5.11 Å². The van der Waals surface area contributed by atoms with Gasteiger partial charge in [0.05, 0.1) is 5.92 Å². The third kappa shape index (κ3) is 2.75. The van der Waals surface area contributed by atoms with Crippen LogP contribution in [0.2, 0.25) is 0 Å². The van der Waals surface area contributed by atoms with Gasteiger partial charge in [-0.15, -0.1) is 11.8 Å². The summed E-state index contributed by atoms with van der Waals surface area (Å²) >= 11 is 1.64. The Morgan fingerprint density at radius 2 is 1.78 bits per heavy atom. The minimum Gasteiger partial charge on any atom is -0.481 e. The van der Waals surface area contributed by atoms with E-state index in [-0.39, 0.29) is 17.6 Å². The molecule has 3 nitrogen and oxygen atoms in total. The van der Waals surface area contributed by atoms with Crippen molar-refractivity contribution in [1.82, 2.24) is 0 Å². The van der Waals surface area contributed by atoms with Gasteiger partial charge in [0, 0.05) is 16.4 Å². The highest BCUT2D eigenvalue weighted by molar-refractivity contribution is 7.98. The molecule has 1 aromatic rings. The van der Waals surface area contributed by atoms with E-state index in [0.717, 1.165) is 4.90 Å². The normalized spacial score (nSPS) is 22.9. The van der Waals surface area contributed by atoms with Crippen LogP contribution in [0.1, 0.15) is 29.6 Å². The van der Waals surface area contributed by atoms with Crippen LogP contribution in [0.5, 0.6) is 0 Å². The van der Waals surface area contributed by atoms with Crippen molar-refractivity contribution in [3.05, 3.63) is 29.8 Å². The van der Waals surface area contributed by atoms with E-state index < -0.39 is 5.97 Å². The largest absolute Gasteiger partial charge is 0.481 e. The van der Waals surface area contributed by atoms with E-state index in [0.29, 0.717) is 24.8 Å². The van der Waals surface area contributed by atoms with Gasteiger partial charge in [0.1, 0.15) is 0 Å². The van der Waals surface area contributed by atoms with Crippen molar-refractivity contribution >= 4 is 23.5 Å². The van der Waals surface area contributed by atoms with Crippen LogP contribution in [0.15, 0.2) is 29.2 Å². The fourth-order valence-corrected chi connectivity index (χ4v) is 2.84. The highest BCUT2D eigenvalue weighted by atomic mass is 32.2. The molecule has 0 aliphatic heterocycles. The number of carbonyl (C=O) groups excluding carboxylic acids is 1. The van der Waals surface area contributed by atoms with Crippen molar-refractivity contribution in [1.29, 1.82) is 0 Å². The predicted molar refractivity (Wildman–Crippen MR) is 71.0 cm³/mol. The average molecular weight is 264 g/mol. The first kappa shape index (κ1) is 13.1. The molecule has 0 spiro atoms. The minimum absolute atomic E-state index is 0.0893. The molecule has 4 heteroatoms. The van der Waals surface area contributed by atoms with Crippen molar-refractivity contribution in [3.8, 4) is 0 Å². The van der Waals surface area contributed by atoms with Crippen molar-refractivity contribution < 1.29 is 14.7 Å². The Morgan fingerprint density at radius 1 is 1.17 bits per heavy atom. The maximum Gasteiger partial charge on any atom is 0.306 e. The number of aliphatic carboxylic acids is 1. The quantitative estimate of drug-likeness (QED) is 0.670. The molecule has 0 radical (unpaired) electrons. The number of hydrogen-bond acceptors (Lipinski definition) is 3. The fourth-order valence-electron chi connectivity index (χ4n) is 2.43. The molecular weight excluding hydrogens is 248 g/mol. The number of thioether (sulfide) groups is 1. The molecule has 1 saturated carbocycles. The third-order valence-electron chi connectivity index (χ3n) is 3.53. The van der Waals surface area contributed by atoms with Gasteiger partial charge in [-0.2, -0.15) is 0 Å². The van der Waals surface area contributed by atoms with Crippen LogP contribution in [-0.2, 0) is 4.79 Å². The second-order valence-corrected chi connectivity index (χ2v) is 5.52. The number of hydrogen-bond donors (Lipinski definition) is 1. The summed E-state index contributed by atoms with van der Waals surface area (Å²) in [7, 11) is 0. The Labute approximate surface area is 111 Å². The molecule has 1 aromatic carbocycles. The Morgan fingerprint density at radius 3 is 2.28 bits per heavy atom. The van der Waals surface area contributed by atoms with E-state index in [1.807, 2.05) is 30.5 Å². The summed E-state index contributed by atoms with van der Waals surface area (Å²) < 4.78 is 0. The lowest BCUT2D eigenvalue weighted by molar-refractivity contribution is -0.141. The molecule has 0 saturated heterocycles. The molecule has 1 aliphatic rings. The lowest BCUT2D eigenvalue weighted by atomic mass is 9.95. The highest BCUT2D eigenvalue weighted by Crippen LogP contribution is 2.33. The highest BCUT2D eigenvalue weighted by Gasteiger charge is 2.34. The van der Waals surface area contributed by atoms with Crippen LogP contribution in [-0.4, -0.2) is 23.1 Å². The summed E-state index contributed by atoms with van der Waals surface area (Å²) in [6.07, 6.45) is 3.79. The van der Waals surface area contributed by atoms with Gasteiger partial charge >= 0.3 is 5.97 Å². The minimum atomic E-state index is -0.775. The molecule has 0 amide bonds. The molecule has 1 fully saturated rings. The Hall–Kier alpha value is -1.29. The lowest BCUT2D eigenvalue weighted by Crippen LogP contribution is -2.14. The van der Waals surface area contributed by atoms with Crippen LogP contribution in [0.3, 0.4) is 0 Å². The summed E-state index contributed by atoms with van der Waals surface area (Å²) in [5.41, 5.74) is 0.698. The Kier molecular flexibility index (Phi) is 4.07. The predicted octanol–water partition coefficient (Wildman–Crippen LogP) is 3.09. The van der Waals surface area contributed by atoms with Gasteiger partial charge in [0.2, 0.25) is 0 Å². The van der Waals surface area contributed by atoms with Gasteiger partial charge in [-0.05, 0) is 37.7 Å². The maximum absolute atomic E-state index is 12.2. The molecule has 2 atom stereocenters. The number of Topliss-reactive ketones (excluding diaryl/α,β-unsaturated/α-hetero) is 1. The first-order chi connectivity index (χ1) is 8.61. The second kappa shape index (κ2) is 5.57. The standard InChI is InChI=1S/C14H16O3S/c1-18-12-6-4-9(5-7-12)13(15)10-2-3-11(8-10)14(16)17/h4-7,10-11H,2-3,8H2,1H3,(H,16,17)/t10-,11-/m0/s1. The van der Waals surface area contributed by atoms with Crippen molar-refractivity contribution in [2.75, 3.05) is 6.26 Å². The van der Waals surface area contributed by atoms with Crippen LogP contribution in [0, 0.1) is 11.8 Å². The van der Waals surface area contributed by atoms with Gasteiger partial charge in [-0.1, -0.05) is 12.1 Å². The SMILES string of the molecule is CSc1ccc(C(=O)[C@H]2CC[C@H](C(=O)O)C2)cc1. The van der Waals surface area contributed by atoms with Crippen molar-refractivity contribution in [3.63, 3.8) is 0 Å². The van der Waals surface area contributed by atoms with Crippen molar-refractivity contribution in [2.45, 2.75) is 24.2 Å². The summed E-state index contributed by atoms with van der Waals surface area (Å²) in [5, 5.41) is 8.94. The first-order valence-electron chi connectivity index (χ1n) is 6.03. The summed E-state index contributed by atoms with van der Waals surface area (Å²) in [4.78, 5) is 24.2. The van der Waals surface area contributed by atoms with Crippen LogP contribution in [0.4, 0.5) is 0 Å². The van der Waals surface area contributed by atoms with E-state index in [2.05, 4.69) is 0 Å². The molecule has 0 unspecified atom stereocenters. The van der Waals surface area contributed by atoms with E-state index in [4.69, 9.17) is 5.11 Å². The number of benzene rings is 1. The fraction of sp³-hybridized carbons (Fsp3) is 0.429. The molecule has 18 heavy (non-hydrogen) atoms. The van der Waals surface area contributed by atoms with E-state index >= 15 is 0 Å². The smallest absolute Gasteiger partial charge is 0.306 e. The van der Waals surface area contributed by atoms with Gasteiger partial charge in [-0.3, -0.25) is 9.59 Å². The van der Waals surface area contributed by atoms with E-state index in [1.54, 1.807) is 11.8 Å². The van der Waals surface area contributed by atoms with Crippen LogP contribution >= 0.6 is 11.8 Å². The maximum atomic E-state index is 12.2. The molecule has 0 bridgehead atoms. The van der Waals surface area contributed by atoms with Gasteiger partial charge in [-0.25, -0.2) is 0 Å². The average Bonchev–Trinajstić information content (AvgIpc) is 2.88. The topological polar surface area (TPSA) is 54.4 Å². The second-order valence-electron chi connectivity index (χ2n) is 4.64. The molecule has 0 aromatic heterocycles. The zero-order chi connectivity index (χ0) is 13.1. The van der Waals surface area contributed by atoms with Gasteiger partial charge in [0.15, 0.2) is 5.78 Å². The molecular formula is C14H16O3S. The monoisotopic (exact) mass is 264 g/mol. The molecule has 96 valence electrons. The molecule has 0 heterocycles. The summed E-state index contributed by atoms with van der Waals surface area (Å²) in [6, 6.07) is 7.54. The van der Waals surface area contributed by atoms with Crippen LogP contribution < -0.4 is 0 Å². The summed E-state index contributed by atoms with van der Waals surface area (Å²) in [5.74, 6) is -1.15. The number of carboxylic acids is 1. The molecule has 2 rings (SSSR count). The van der Waals surface area contributed by atoms with Crippen LogP contribution in [0.25, 0.3) is 0 Å². The van der Waals surface area contributed by atoms with Gasteiger partial charge in [0.25, 0.3) is 0 Å². The molecule has 1 N–H and O–H groups in total. The number of rotatable bonds is 4. The Balaban J connectivity index is 2.05. The Bertz CT molecular complexity index is 453. The first-order valence-corrected chi connectivity index (χ1v) is 7.25. The third-order valence-corrected chi connectivity index (χ3v) is 4.27. The van der Waals surface area contributed by atoms with Crippen molar-refractivity contribution in [2.24, 2.45) is 11.8 Å². The summed E-state index contributed by atoms with van der Waals surface area (Å²) in [6.45, 7) is 0. The zero-order valence-corrected chi connectivity index (χ0v) is 11.1. The number of ketones is 1. The molecule has 1 aliphatic carbocycles. The zero-order valence-electron chi connectivity index (χ0n) is 10.3. The van der Waals surface area contributed by atoms with E-state index in [9.17, 15) is 9.59 Å².